The van der Waals surface area contributed by atoms with Gasteiger partial charge in [0.2, 0.25) is 0 Å². The van der Waals surface area contributed by atoms with Gasteiger partial charge in [0.1, 0.15) is 0 Å². The summed E-state index contributed by atoms with van der Waals surface area (Å²) in [4.78, 5) is 0. The van der Waals surface area contributed by atoms with Gasteiger partial charge in [0.15, 0.2) is 0 Å². The van der Waals surface area contributed by atoms with Gasteiger partial charge >= 0.3 is 0 Å². The molecule has 1 aromatic heterocycles. The van der Waals surface area contributed by atoms with E-state index in [0.29, 0.717) is 0 Å². The zero-order chi connectivity index (χ0) is 12.0. The Hall–Kier alpha value is -0.870. The van der Waals surface area contributed by atoms with Crippen LogP contribution in [0.15, 0.2) is 12.3 Å². The molecule has 0 aliphatic rings. The third-order valence-electron chi connectivity index (χ3n) is 2.66. The van der Waals surface area contributed by atoms with Gasteiger partial charge in [-0.15, -0.1) is 0 Å². The van der Waals surface area contributed by atoms with E-state index in [9.17, 15) is 0 Å². The summed E-state index contributed by atoms with van der Waals surface area (Å²) in [6, 6.07) is 2.04. The van der Waals surface area contributed by atoms with Gasteiger partial charge in [-0.2, -0.15) is 5.10 Å². The van der Waals surface area contributed by atoms with Gasteiger partial charge in [0.05, 0.1) is 5.69 Å². The molecule has 0 bridgehead atoms. The molecule has 0 amide bonds. The van der Waals surface area contributed by atoms with Gasteiger partial charge in [-0.3, -0.25) is 4.68 Å². The van der Waals surface area contributed by atoms with Crippen molar-refractivity contribution in [3.63, 3.8) is 0 Å². The van der Waals surface area contributed by atoms with Crippen LogP contribution < -0.4 is 5.32 Å². The van der Waals surface area contributed by atoms with Gasteiger partial charge in [0, 0.05) is 40.1 Å². The van der Waals surface area contributed by atoms with Crippen molar-refractivity contribution in [3.8, 4) is 0 Å². The summed E-state index contributed by atoms with van der Waals surface area (Å²) in [5.41, 5.74) is 1.36. The van der Waals surface area contributed by atoms with Gasteiger partial charge in [0.25, 0.3) is 0 Å². The zero-order valence-electron chi connectivity index (χ0n) is 10.8. The molecule has 1 rings (SSSR count). The number of aryl methyl sites for hydroxylation is 1. The van der Waals surface area contributed by atoms with Crippen LogP contribution in [0.5, 0.6) is 0 Å². The second kappa shape index (κ2) is 6.01. The van der Waals surface area contributed by atoms with Crippen molar-refractivity contribution < 1.29 is 4.74 Å². The number of hydrogen-bond acceptors (Lipinski definition) is 3. The monoisotopic (exact) mass is 225 g/mol. The number of methoxy groups -OCH3 is 1. The van der Waals surface area contributed by atoms with Crippen LogP contribution in [-0.2, 0) is 18.3 Å². The largest absolute Gasteiger partial charge is 0.385 e. The molecule has 0 unspecified atom stereocenters. The third kappa shape index (κ3) is 4.77. The van der Waals surface area contributed by atoms with Crippen LogP contribution in [0.1, 0.15) is 26.0 Å². The minimum absolute atomic E-state index is 0.269. The van der Waals surface area contributed by atoms with E-state index in [0.717, 1.165) is 31.8 Å². The standard InChI is InChI=1S/C12H23N3O/c1-12(2,6-8-16-4)10-13-9-11-5-7-15(3)14-11/h5,7,13H,6,8-10H2,1-4H3. The van der Waals surface area contributed by atoms with Gasteiger partial charge in [-0.05, 0) is 17.9 Å². The normalized spacial score (nSPS) is 12.0. The average Bonchev–Trinajstić information content (AvgIpc) is 2.61. The summed E-state index contributed by atoms with van der Waals surface area (Å²) in [5, 5.41) is 7.75. The molecular weight excluding hydrogens is 202 g/mol. The lowest BCUT2D eigenvalue weighted by Crippen LogP contribution is -2.30. The quantitative estimate of drug-likeness (QED) is 0.765. The van der Waals surface area contributed by atoms with Crippen molar-refractivity contribution in [1.29, 1.82) is 0 Å². The maximum atomic E-state index is 5.10. The highest BCUT2D eigenvalue weighted by Gasteiger charge is 2.16. The van der Waals surface area contributed by atoms with E-state index in [1.165, 1.54) is 0 Å². The summed E-state index contributed by atoms with van der Waals surface area (Å²) in [6.07, 6.45) is 3.03. The number of hydrogen-bond donors (Lipinski definition) is 1. The molecule has 0 atom stereocenters. The summed E-state index contributed by atoms with van der Waals surface area (Å²) in [5.74, 6) is 0. The van der Waals surface area contributed by atoms with Gasteiger partial charge < -0.3 is 10.1 Å². The Balaban J connectivity index is 2.24. The molecule has 4 heteroatoms. The SMILES string of the molecule is COCCC(C)(C)CNCc1ccn(C)n1. The second-order valence-corrected chi connectivity index (χ2v) is 4.99. The summed E-state index contributed by atoms with van der Waals surface area (Å²) < 4.78 is 6.93. The predicted molar refractivity (Wildman–Crippen MR) is 65.2 cm³/mol. The molecule has 16 heavy (non-hydrogen) atoms. The first-order valence-corrected chi connectivity index (χ1v) is 5.72. The minimum atomic E-state index is 0.269. The fraction of sp³-hybridized carbons (Fsp3) is 0.750. The van der Waals surface area contributed by atoms with Crippen molar-refractivity contribution in [3.05, 3.63) is 18.0 Å². The highest BCUT2D eigenvalue weighted by molar-refractivity contribution is 4.98. The van der Waals surface area contributed by atoms with Gasteiger partial charge in [-0.1, -0.05) is 13.8 Å². The van der Waals surface area contributed by atoms with Gasteiger partial charge in [-0.25, -0.2) is 0 Å². The van der Waals surface area contributed by atoms with E-state index in [2.05, 4.69) is 24.3 Å². The predicted octanol–water partition coefficient (Wildman–Crippen LogP) is 1.57. The van der Waals surface area contributed by atoms with Crippen molar-refractivity contribution in [2.45, 2.75) is 26.8 Å². The Morgan fingerprint density at radius 1 is 1.50 bits per heavy atom. The molecule has 0 aromatic carbocycles. The first-order chi connectivity index (χ1) is 7.53. The van der Waals surface area contributed by atoms with Crippen molar-refractivity contribution >= 4 is 0 Å². The lowest BCUT2D eigenvalue weighted by molar-refractivity contribution is 0.150. The molecule has 1 N–H and O–H groups in total. The van der Waals surface area contributed by atoms with E-state index in [-0.39, 0.29) is 5.41 Å². The van der Waals surface area contributed by atoms with Crippen LogP contribution in [0.25, 0.3) is 0 Å². The Morgan fingerprint density at radius 2 is 2.25 bits per heavy atom. The Morgan fingerprint density at radius 3 is 2.81 bits per heavy atom. The lowest BCUT2D eigenvalue weighted by Gasteiger charge is -2.24. The third-order valence-corrected chi connectivity index (χ3v) is 2.66. The van der Waals surface area contributed by atoms with E-state index in [4.69, 9.17) is 4.74 Å². The van der Waals surface area contributed by atoms with Crippen LogP contribution in [0.3, 0.4) is 0 Å². The molecule has 1 heterocycles. The zero-order valence-corrected chi connectivity index (χ0v) is 10.8. The van der Waals surface area contributed by atoms with Crippen LogP contribution >= 0.6 is 0 Å². The molecule has 0 spiro atoms. The fourth-order valence-electron chi connectivity index (χ4n) is 1.55. The topological polar surface area (TPSA) is 39.1 Å². The number of ether oxygens (including phenoxy) is 1. The highest BCUT2D eigenvalue weighted by Crippen LogP contribution is 2.18. The average molecular weight is 225 g/mol. The second-order valence-electron chi connectivity index (χ2n) is 4.99. The first-order valence-electron chi connectivity index (χ1n) is 5.72. The molecule has 0 fully saturated rings. The van der Waals surface area contributed by atoms with Crippen molar-refractivity contribution in [2.75, 3.05) is 20.3 Å². The molecule has 0 saturated heterocycles. The molecular formula is C12H23N3O. The van der Waals surface area contributed by atoms with E-state index in [1.54, 1.807) is 7.11 Å². The van der Waals surface area contributed by atoms with E-state index in [1.807, 2.05) is 24.0 Å². The molecule has 1 aromatic rings. The molecule has 0 aliphatic carbocycles. The fourth-order valence-corrected chi connectivity index (χ4v) is 1.55. The van der Waals surface area contributed by atoms with Crippen molar-refractivity contribution in [2.24, 2.45) is 12.5 Å². The summed E-state index contributed by atoms with van der Waals surface area (Å²) in [7, 11) is 3.68. The number of nitrogens with one attached hydrogen (secondary N) is 1. The summed E-state index contributed by atoms with van der Waals surface area (Å²) >= 11 is 0. The maximum absolute atomic E-state index is 5.10. The van der Waals surface area contributed by atoms with Crippen LogP contribution in [0.4, 0.5) is 0 Å². The molecule has 0 aliphatic heterocycles. The smallest absolute Gasteiger partial charge is 0.0762 e. The lowest BCUT2D eigenvalue weighted by atomic mass is 9.90. The highest BCUT2D eigenvalue weighted by atomic mass is 16.5. The van der Waals surface area contributed by atoms with Crippen LogP contribution in [0, 0.1) is 5.41 Å². The van der Waals surface area contributed by atoms with Crippen LogP contribution in [0.2, 0.25) is 0 Å². The maximum Gasteiger partial charge on any atom is 0.0762 e. The molecule has 92 valence electrons. The minimum Gasteiger partial charge on any atom is -0.385 e. The first kappa shape index (κ1) is 13.2. The molecule has 4 nitrogen and oxygen atoms in total. The Labute approximate surface area is 98.0 Å². The van der Waals surface area contributed by atoms with E-state index < -0.39 is 0 Å². The summed E-state index contributed by atoms with van der Waals surface area (Å²) in [6.45, 7) is 7.12. The van der Waals surface area contributed by atoms with Crippen molar-refractivity contribution in [1.82, 2.24) is 15.1 Å². The number of nitrogens with zero attached hydrogens (tertiary/aromatic N) is 2. The van der Waals surface area contributed by atoms with E-state index >= 15 is 0 Å². The van der Waals surface area contributed by atoms with Crippen LogP contribution in [-0.4, -0.2) is 30.0 Å². The Kier molecular flexibility index (Phi) is 4.96. The molecule has 0 radical (unpaired) electrons. The molecule has 0 saturated carbocycles. The number of rotatable bonds is 7. The Bertz CT molecular complexity index is 307. The number of aromatic nitrogens is 2.